The molecule has 1 aliphatic heterocycles. The number of rotatable bonds is 3. The molecule has 1 unspecified atom stereocenters. The molecule has 10 nitrogen and oxygen atoms in total. The van der Waals surface area contributed by atoms with E-state index >= 15 is 0 Å². The Labute approximate surface area is 157 Å². The summed E-state index contributed by atoms with van der Waals surface area (Å²) < 4.78 is 0. The van der Waals surface area contributed by atoms with Gasteiger partial charge in [0.05, 0.1) is 17.5 Å². The van der Waals surface area contributed by atoms with Crippen LogP contribution in [-0.4, -0.2) is 68.6 Å². The molecular weight excluding hydrogens is 352 g/mol. The van der Waals surface area contributed by atoms with Crippen LogP contribution in [0.4, 0.5) is 5.69 Å². The zero-order valence-corrected chi connectivity index (χ0v) is 15.1. The third kappa shape index (κ3) is 7.69. The predicted molar refractivity (Wildman–Crippen MR) is 100 cm³/mol. The average molecular weight is 378 g/mol. The summed E-state index contributed by atoms with van der Waals surface area (Å²) in [6.45, 7) is 3.89. The second kappa shape index (κ2) is 11.2. The van der Waals surface area contributed by atoms with Gasteiger partial charge in [0.1, 0.15) is 0 Å². The lowest BCUT2D eigenvalue weighted by atomic mass is 10.0. The van der Waals surface area contributed by atoms with E-state index in [2.05, 4.69) is 26.6 Å². The summed E-state index contributed by atoms with van der Waals surface area (Å²) in [5.74, 6) is -0.401. The molecule has 0 aromatic heterocycles. The Morgan fingerprint density at radius 1 is 0.926 bits per heavy atom. The minimum Gasteiger partial charge on any atom is -0.354 e. The van der Waals surface area contributed by atoms with Crippen molar-refractivity contribution in [3.05, 3.63) is 39.9 Å². The maximum atomic E-state index is 12.5. The predicted octanol–water partition coefficient (Wildman–Crippen LogP) is -1.48. The van der Waals surface area contributed by atoms with Gasteiger partial charge < -0.3 is 21.3 Å². The summed E-state index contributed by atoms with van der Waals surface area (Å²) in [5, 5.41) is 25.8. The van der Waals surface area contributed by atoms with E-state index in [0.29, 0.717) is 32.6 Å². The average Bonchev–Trinajstić information content (AvgIpc) is 2.66. The minimum atomic E-state index is -0.611. The number of amides is 2. The van der Waals surface area contributed by atoms with Crippen molar-refractivity contribution in [2.24, 2.45) is 0 Å². The molecule has 1 aromatic rings. The normalized spacial score (nSPS) is 20.7. The Hall–Kier alpha value is -2.56. The number of hydrogen-bond acceptors (Lipinski definition) is 7. The number of carbonyl (C=O) groups is 2. The summed E-state index contributed by atoms with van der Waals surface area (Å²) in [4.78, 5) is 34.7. The van der Waals surface area contributed by atoms with Crippen LogP contribution in [0.2, 0.25) is 0 Å². The summed E-state index contributed by atoms with van der Waals surface area (Å²) in [5.41, 5.74) is 0.770. The van der Waals surface area contributed by atoms with E-state index in [1.165, 1.54) is 12.1 Å². The van der Waals surface area contributed by atoms with Gasteiger partial charge in [-0.3, -0.25) is 25.0 Å². The number of nitrogens with one attached hydrogen (secondary N) is 5. The maximum absolute atomic E-state index is 12.5. The molecule has 1 heterocycles. The first-order valence-corrected chi connectivity index (χ1v) is 8.99. The Kier molecular flexibility index (Phi) is 8.62. The molecular formula is C17H26N6O4. The van der Waals surface area contributed by atoms with Gasteiger partial charge in [-0.25, -0.2) is 0 Å². The third-order valence-corrected chi connectivity index (χ3v) is 4.12. The Morgan fingerprint density at radius 3 is 2.15 bits per heavy atom. The lowest BCUT2D eigenvalue weighted by molar-refractivity contribution is -0.384. The molecule has 27 heavy (non-hydrogen) atoms. The molecule has 1 aliphatic rings. The standard InChI is InChI=1S/C17H26N6O4/c24-16-12-22-15(11-13-1-3-14(4-2-13)23(26)27)17(25)21-10-8-19-6-5-18-7-9-20-16/h1-4,15,18-19,22H,5-12H2,(H,20,24)(H,21,25). The van der Waals surface area contributed by atoms with Gasteiger partial charge in [0.15, 0.2) is 0 Å². The number of non-ortho nitro benzene ring substituents is 1. The number of nitro benzene ring substituents is 1. The number of nitro groups is 1. The Morgan fingerprint density at radius 2 is 1.52 bits per heavy atom. The van der Waals surface area contributed by atoms with E-state index < -0.39 is 11.0 Å². The molecule has 10 heteroatoms. The first-order valence-electron chi connectivity index (χ1n) is 8.99. The molecule has 2 amide bonds. The van der Waals surface area contributed by atoms with Crippen molar-refractivity contribution in [2.75, 3.05) is 45.8 Å². The van der Waals surface area contributed by atoms with Crippen LogP contribution < -0.4 is 26.6 Å². The molecule has 1 fully saturated rings. The molecule has 0 saturated carbocycles. The SMILES string of the molecule is O=C1CNC(Cc2ccc([N+](=O)[O-])cc2)C(=O)NCCNCCNCCN1. The lowest BCUT2D eigenvalue weighted by Gasteiger charge is -2.18. The first-order chi connectivity index (χ1) is 13.1. The van der Waals surface area contributed by atoms with Crippen LogP contribution in [-0.2, 0) is 16.0 Å². The highest BCUT2D eigenvalue weighted by Crippen LogP contribution is 2.13. The van der Waals surface area contributed by atoms with Crippen LogP contribution in [0.25, 0.3) is 0 Å². The Balaban J connectivity index is 2.00. The summed E-state index contributed by atoms with van der Waals surface area (Å²) in [7, 11) is 0. The van der Waals surface area contributed by atoms with Crippen LogP contribution in [0, 0.1) is 10.1 Å². The van der Waals surface area contributed by atoms with Crippen LogP contribution >= 0.6 is 0 Å². The van der Waals surface area contributed by atoms with E-state index in [1.54, 1.807) is 12.1 Å². The van der Waals surface area contributed by atoms with E-state index in [-0.39, 0.29) is 24.0 Å². The van der Waals surface area contributed by atoms with E-state index in [9.17, 15) is 19.7 Å². The van der Waals surface area contributed by atoms with Crippen LogP contribution in [0.5, 0.6) is 0 Å². The number of benzene rings is 1. The van der Waals surface area contributed by atoms with Crippen molar-refractivity contribution < 1.29 is 14.5 Å². The van der Waals surface area contributed by atoms with Crippen LogP contribution in [0.1, 0.15) is 5.56 Å². The van der Waals surface area contributed by atoms with Crippen molar-refractivity contribution in [1.29, 1.82) is 0 Å². The van der Waals surface area contributed by atoms with Gasteiger partial charge in [-0.05, 0) is 12.0 Å². The molecule has 5 N–H and O–H groups in total. The van der Waals surface area contributed by atoms with Gasteiger partial charge in [-0.1, -0.05) is 12.1 Å². The van der Waals surface area contributed by atoms with Gasteiger partial charge in [-0.15, -0.1) is 0 Å². The molecule has 0 spiro atoms. The molecule has 0 radical (unpaired) electrons. The quantitative estimate of drug-likeness (QED) is 0.319. The smallest absolute Gasteiger partial charge is 0.269 e. The Bertz CT molecular complexity index is 637. The maximum Gasteiger partial charge on any atom is 0.269 e. The fourth-order valence-corrected chi connectivity index (χ4v) is 2.64. The first kappa shape index (κ1) is 20.7. The second-order valence-electron chi connectivity index (χ2n) is 6.20. The zero-order chi connectivity index (χ0) is 19.5. The number of hydrogen-bond donors (Lipinski definition) is 5. The van der Waals surface area contributed by atoms with Crippen molar-refractivity contribution in [1.82, 2.24) is 26.6 Å². The van der Waals surface area contributed by atoms with Gasteiger partial charge >= 0.3 is 0 Å². The van der Waals surface area contributed by atoms with Gasteiger partial charge in [-0.2, -0.15) is 0 Å². The third-order valence-electron chi connectivity index (χ3n) is 4.12. The fourth-order valence-electron chi connectivity index (χ4n) is 2.64. The lowest BCUT2D eigenvalue weighted by Crippen LogP contribution is -2.49. The molecule has 2 rings (SSSR count). The summed E-state index contributed by atoms with van der Waals surface area (Å²) in [6, 6.07) is 5.44. The largest absolute Gasteiger partial charge is 0.354 e. The highest BCUT2D eigenvalue weighted by Gasteiger charge is 2.20. The van der Waals surface area contributed by atoms with Crippen LogP contribution in [0.15, 0.2) is 24.3 Å². The van der Waals surface area contributed by atoms with Crippen molar-refractivity contribution >= 4 is 17.5 Å². The second-order valence-corrected chi connectivity index (χ2v) is 6.20. The van der Waals surface area contributed by atoms with Crippen molar-refractivity contribution in [3.8, 4) is 0 Å². The molecule has 1 atom stereocenters. The van der Waals surface area contributed by atoms with E-state index in [1.807, 2.05) is 0 Å². The number of nitrogens with zero attached hydrogens (tertiary/aromatic N) is 1. The molecule has 0 aliphatic carbocycles. The fraction of sp³-hybridized carbons (Fsp3) is 0.529. The molecule has 1 saturated heterocycles. The van der Waals surface area contributed by atoms with Crippen molar-refractivity contribution in [3.63, 3.8) is 0 Å². The van der Waals surface area contributed by atoms with Gasteiger partial charge in [0.25, 0.3) is 5.69 Å². The van der Waals surface area contributed by atoms with Gasteiger partial charge in [0, 0.05) is 51.4 Å². The highest BCUT2D eigenvalue weighted by atomic mass is 16.6. The van der Waals surface area contributed by atoms with Crippen LogP contribution in [0.3, 0.4) is 0 Å². The monoisotopic (exact) mass is 378 g/mol. The topological polar surface area (TPSA) is 137 Å². The minimum absolute atomic E-state index is 0.00251. The summed E-state index contributed by atoms with van der Waals surface area (Å²) >= 11 is 0. The molecule has 148 valence electrons. The highest BCUT2D eigenvalue weighted by molar-refractivity contribution is 5.84. The zero-order valence-electron chi connectivity index (χ0n) is 15.1. The molecule has 1 aromatic carbocycles. The van der Waals surface area contributed by atoms with E-state index in [0.717, 1.165) is 18.7 Å². The molecule has 0 bridgehead atoms. The van der Waals surface area contributed by atoms with Crippen molar-refractivity contribution in [2.45, 2.75) is 12.5 Å². The van der Waals surface area contributed by atoms with E-state index in [4.69, 9.17) is 0 Å². The van der Waals surface area contributed by atoms with Gasteiger partial charge in [0.2, 0.25) is 11.8 Å². The summed E-state index contributed by atoms with van der Waals surface area (Å²) in [6.07, 6.45) is 0.325. The number of carbonyl (C=O) groups excluding carboxylic acids is 2.